The number of alkyl halides is 2. The quantitative estimate of drug-likeness (QED) is 0.607. The zero-order valence-corrected chi connectivity index (χ0v) is 16.1. The summed E-state index contributed by atoms with van der Waals surface area (Å²) in [6.45, 7) is 4.86. The van der Waals surface area contributed by atoms with Crippen LogP contribution in [0.5, 0.6) is 5.75 Å². The van der Waals surface area contributed by atoms with E-state index in [2.05, 4.69) is 24.3 Å². The second kappa shape index (κ2) is 8.37. The van der Waals surface area contributed by atoms with Crippen LogP contribution in [0.25, 0.3) is 10.8 Å². The third-order valence-corrected chi connectivity index (χ3v) is 4.39. The highest BCUT2D eigenvalue weighted by atomic mass is 19.3. The first-order chi connectivity index (χ1) is 13.4. The average Bonchev–Trinajstić information content (AvgIpc) is 3.04. The van der Waals surface area contributed by atoms with Gasteiger partial charge in [0.25, 0.3) is 12.3 Å². The molecule has 0 fully saturated rings. The lowest BCUT2D eigenvalue weighted by atomic mass is 10.1. The lowest BCUT2D eigenvalue weighted by Gasteiger charge is -2.13. The normalized spacial score (nSPS) is 11.4. The van der Waals surface area contributed by atoms with Gasteiger partial charge in [0.1, 0.15) is 11.4 Å². The predicted octanol–water partition coefficient (Wildman–Crippen LogP) is 5.19. The largest absolute Gasteiger partial charge is 0.493 e. The van der Waals surface area contributed by atoms with E-state index in [9.17, 15) is 13.6 Å². The van der Waals surface area contributed by atoms with Gasteiger partial charge >= 0.3 is 0 Å². The van der Waals surface area contributed by atoms with Crippen molar-refractivity contribution in [3.63, 3.8) is 0 Å². The summed E-state index contributed by atoms with van der Waals surface area (Å²) >= 11 is 0. The Bertz CT molecular complexity index is 983. The summed E-state index contributed by atoms with van der Waals surface area (Å²) in [6.07, 6.45) is -0.595. The zero-order chi connectivity index (χ0) is 20.3. The van der Waals surface area contributed by atoms with Crippen molar-refractivity contribution in [2.75, 3.05) is 11.9 Å². The molecular formula is C21H23F2N3O2. The number of amides is 1. The Balaban J connectivity index is 1.89. The van der Waals surface area contributed by atoms with Gasteiger partial charge in [-0.1, -0.05) is 38.1 Å². The van der Waals surface area contributed by atoms with E-state index in [1.807, 2.05) is 24.3 Å². The summed E-state index contributed by atoms with van der Waals surface area (Å²) in [4.78, 5) is 12.6. The molecule has 148 valence electrons. The molecule has 1 amide bonds. The molecule has 0 atom stereocenters. The van der Waals surface area contributed by atoms with Crippen LogP contribution in [0.3, 0.4) is 0 Å². The molecule has 0 spiro atoms. The lowest BCUT2D eigenvalue weighted by molar-refractivity contribution is 0.101. The van der Waals surface area contributed by atoms with Gasteiger partial charge in [0.15, 0.2) is 0 Å². The van der Waals surface area contributed by atoms with Gasteiger partial charge in [0.05, 0.1) is 12.2 Å². The van der Waals surface area contributed by atoms with E-state index in [0.29, 0.717) is 18.2 Å². The van der Waals surface area contributed by atoms with Gasteiger partial charge in [-0.15, -0.1) is 0 Å². The van der Waals surface area contributed by atoms with Crippen LogP contribution in [0.15, 0.2) is 42.6 Å². The maximum absolute atomic E-state index is 13.1. The fourth-order valence-electron chi connectivity index (χ4n) is 2.95. The molecule has 7 heteroatoms. The van der Waals surface area contributed by atoms with Crippen molar-refractivity contribution >= 4 is 22.4 Å². The molecule has 28 heavy (non-hydrogen) atoms. The predicted molar refractivity (Wildman–Crippen MR) is 105 cm³/mol. The van der Waals surface area contributed by atoms with E-state index in [0.717, 1.165) is 22.9 Å². The molecule has 0 aliphatic heterocycles. The van der Waals surface area contributed by atoms with Crippen molar-refractivity contribution in [3.05, 3.63) is 53.9 Å². The zero-order valence-electron chi connectivity index (χ0n) is 16.1. The molecule has 0 bridgehead atoms. The third-order valence-electron chi connectivity index (χ3n) is 4.39. The van der Waals surface area contributed by atoms with Crippen LogP contribution in [-0.4, -0.2) is 22.3 Å². The summed E-state index contributed by atoms with van der Waals surface area (Å²) in [5, 5.41) is 8.04. The number of benzene rings is 2. The minimum absolute atomic E-state index is 0.140. The molecule has 0 radical (unpaired) electrons. The lowest BCUT2D eigenvalue weighted by Crippen LogP contribution is -2.13. The Labute approximate surface area is 162 Å². The van der Waals surface area contributed by atoms with E-state index < -0.39 is 18.0 Å². The van der Waals surface area contributed by atoms with E-state index in [1.54, 1.807) is 12.1 Å². The van der Waals surface area contributed by atoms with E-state index in [4.69, 9.17) is 4.74 Å². The molecule has 5 nitrogen and oxygen atoms in total. The molecule has 0 unspecified atom stereocenters. The molecule has 0 saturated carbocycles. The molecule has 0 aliphatic carbocycles. The Kier molecular flexibility index (Phi) is 5.92. The number of carbonyl (C=O) groups is 1. The second-order valence-corrected chi connectivity index (χ2v) is 7.04. The van der Waals surface area contributed by atoms with E-state index in [-0.39, 0.29) is 5.56 Å². The number of aryl methyl sites for hydroxylation is 1. The topological polar surface area (TPSA) is 56.1 Å². The Morgan fingerprint density at radius 2 is 1.89 bits per heavy atom. The Morgan fingerprint density at radius 1 is 1.18 bits per heavy atom. The number of hydrogen-bond acceptors (Lipinski definition) is 3. The minimum Gasteiger partial charge on any atom is -0.493 e. The number of carbonyl (C=O) groups excluding carboxylic acids is 1. The summed E-state index contributed by atoms with van der Waals surface area (Å²) < 4.78 is 33.4. The molecule has 3 aromatic rings. The number of fused-ring (bicyclic) bond motifs is 1. The van der Waals surface area contributed by atoms with Crippen molar-refractivity contribution in [2.24, 2.45) is 13.0 Å². The Morgan fingerprint density at radius 3 is 2.61 bits per heavy atom. The van der Waals surface area contributed by atoms with Gasteiger partial charge in [-0.25, -0.2) is 8.78 Å². The number of hydrogen-bond donors (Lipinski definition) is 1. The smallest absolute Gasteiger partial charge is 0.282 e. The third kappa shape index (κ3) is 4.30. The monoisotopic (exact) mass is 387 g/mol. The van der Waals surface area contributed by atoms with E-state index in [1.165, 1.54) is 17.9 Å². The SMILES string of the molecule is CC(C)CCOc1cccc2c(NC(=O)c3cn(C)nc3C(F)F)cccc12. The number of nitrogens with zero attached hydrogens (tertiary/aromatic N) is 2. The van der Waals surface area contributed by atoms with E-state index >= 15 is 0 Å². The van der Waals surface area contributed by atoms with Crippen LogP contribution in [0.4, 0.5) is 14.5 Å². The van der Waals surface area contributed by atoms with Gasteiger partial charge in [-0.05, 0) is 24.5 Å². The summed E-state index contributed by atoms with van der Waals surface area (Å²) in [5.41, 5.74) is -0.141. The Hall–Kier alpha value is -2.96. The fourth-order valence-corrected chi connectivity index (χ4v) is 2.95. The van der Waals surface area contributed by atoms with Gasteiger partial charge in [-0.2, -0.15) is 5.10 Å². The van der Waals surface area contributed by atoms with Crippen LogP contribution >= 0.6 is 0 Å². The molecule has 1 heterocycles. The van der Waals surface area contributed by atoms with Crippen LogP contribution in [-0.2, 0) is 7.05 Å². The first-order valence-corrected chi connectivity index (χ1v) is 9.14. The fraction of sp³-hybridized carbons (Fsp3) is 0.333. The van der Waals surface area contributed by atoms with Crippen molar-refractivity contribution < 1.29 is 18.3 Å². The van der Waals surface area contributed by atoms with Crippen molar-refractivity contribution in [3.8, 4) is 5.75 Å². The number of aromatic nitrogens is 2. The van der Waals surface area contributed by atoms with Crippen molar-refractivity contribution in [1.29, 1.82) is 0 Å². The summed E-state index contributed by atoms with van der Waals surface area (Å²) in [5.74, 6) is 0.638. The highest BCUT2D eigenvalue weighted by Crippen LogP contribution is 2.31. The first-order valence-electron chi connectivity index (χ1n) is 9.14. The van der Waals surface area contributed by atoms with Crippen molar-refractivity contribution in [1.82, 2.24) is 9.78 Å². The number of rotatable bonds is 7. The van der Waals surface area contributed by atoms with Gasteiger partial charge in [0, 0.05) is 29.7 Å². The average molecular weight is 387 g/mol. The van der Waals surface area contributed by atoms with Crippen LogP contribution < -0.4 is 10.1 Å². The molecule has 1 N–H and O–H groups in total. The van der Waals surface area contributed by atoms with Gasteiger partial charge in [-0.3, -0.25) is 9.48 Å². The number of nitrogens with one attached hydrogen (secondary N) is 1. The molecule has 2 aromatic carbocycles. The standard InChI is InChI=1S/C21H23F2N3O2/c1-13(2)10-11-28-18-9-5-6-14-15(18)7-4-8-17(14)24-21(27)16-12-26(3)25-19(16)20(22)23/h4-9,12-13,20H,10-11H2,1-3H3,(H,24,27). The molecule has 0 saturated heterocycles. The molecule has 3 rings (SSSR count). The first kappa shape index (κ1) is 19.8. The van der Waals surface area contributed by atoms with Crippen LogP contribution in [0.2, 0.25) is 0 Å². The second-order valence-electron chi connectivity index (χ2n) is 7.04. The highest BCUT2D eigenvalue weighted by Gasteiger charge is 2.23. The van der Waals surface area contributed by atoms with Crippen LogP contribution in [0, 0.1) is 5.92 Å². The maximum atomic E-state index is 13.1. The minimum atomic E-state index is -2.82. The molecular weight excluding hydrogens is 364 g/mol. The molecule has 0 aliphatic rings. The van der Waals surface area contributed by atoms with Crippen molar-refractivity contribution in [2.45, 2.75) is 26.7 Å². The number of ether oxygens (including phenoxy) is 1. The van der Waals surface area contributed by atoms with Crippen LogP contribution in [0.1, 0.15) is 42.7 Å². The van der Waals surface area contributed by atoms with Gasteiger partial charge < -0.3 is 10.1 Å². The summed E-state index contributed by atoms with van der Waals surface area (Å²) in [7, 11) is 1.50. The number of anilines is 1. The molecule has 1 aromatic heterocycles. The highest BCUT2D eigenvalue weighted by molar-refractivity contribution is 6.10. The maximum Gasteiger partial charge on any atom is 0.282 e. The number of halogens is 2. The summed E-state index contributed by atoms with van der Waals surface area (Å²) in [6, 6.07) is 11.0. The van der Waals surface area contributed by atoms with Gasteiger partial charge in [0.2, 0.25) is 0 Å².